The number of fused-ring (bicyclic) bond motifs is 1. The molecule has 2 aliphatic rings. The number of methoxy groups -OCH3 is 1. The molecule has 31 heavy (non-hydrogen) atoms. The fraction of sp³-hybridized carbons (Fsp3) is 0.269. The fourth-order valence-electron chi connectivity index (χ4n) is 4.65. The van der Waals surface area contributed by atoms with Crippen LogP contribution in [0, 0.1) is 0 Å². The van der Waals surface area contributed by atoms with E-state index >= 15 is 0 Å². The Morgan fingerprint density at radius 1 is 1.03 bits per heavy atom. The van der Waals surface area contributed by atoms with Crippen molar-refractivity contribution in [3.8, 4) is 5.75 Å². The summed E-state index contributed by atoms with van der Waals surface area (Å²) in [5.41, 5.74) is 10.8. The molecule has 0 aliphatic heterocycles. The zero-order valence-electron chi connectivity index (χ0n) is 17.9. The van der Waals surface area contributed by atoms with E-state index in [9.17, 15) is 0 Å². The highest BCUT2D eigenvalue weighted by Crippen LogP contribution is 2.43. The van der Waals surface area contributed by atoms with Crippen LogP contribution in [-0.4, -0.2) is 24.4 Å². The normalized spacial score (nSPS) is 19.5. The number of aromatic amines is 1. The number of benzene rings is 2. The molecular formula is C26H27N3O2. The number of nitrogens with one attached hydrogen (secondary N) is 2. The molecule has 1 unspecified atom stereocenters. The zero-order chi connectivity index (χ0) is 21.3. The second-order valence-corrected chi connectivity index (χ2v) is 8.18. The Labute approximate surface area is 182 Å². The Balaban J connectivity index is 1.62. The SMILES string of the molecule is CONC(=C1CCC1)c1n[nH]c2c1C=CC(c1ccccc1)(c1cccc(OC)c1)C2. The summed E-state index contributed by atoms with van der Waals surface area (Å²) in [6.07, 6.45) is 8.72. The first kappa shape index (κ1) is 19.6. The maximum atomic E-state index is 5.53. The zero-order valence-corrected chi connectivity index (χ0v) is 17.9. The maximum absolute atomic E-state index is 5.53. The van der Waals surface area contributed by atoms with Crippen LogP contribution in [0.3, 0.4) is 0 Å². The Bertz CT molecular complexity index is 1140. The van der Waals surface area contributed by atoms with E-state index in [0.717, 1.165) is 47.7 Å². The van der Waals surface area contributed by atoms with Gasteiger partial charge in [-0.1, -0.05) is 54.6 Å². The standard InChI is InChI=1S/C26H27N3O2/c1-30-21-13-7-12-20(16-21)26(19-10-4-3-5-11-19)15-14-22-23(17-26)27-28-25(22)24(29-31-2)18-8-6-9-18/h3-5,7,10-16,29H,6,8-9,17H2,1-2H3,(H,27,28). The second-order valence-electron chi connectivity index (χ2n) is 8.18. The van der Waals surface area contributed by atoms with E-state index < -0.39 is 0 Å². The summed E-state index contributed by atoms with van der Waals surface area (Å²) < 4.78 is 5.53. The van der Waals surface area contributed by atoms with Crippen molar-refractivity contribution in [2.24, 2.45) is 0 Å². The monoisotopic (exact) mass is 413 g/mol. The Morgan fingerprint density at radius 2 is 1.84 bits per heavy atom. The van der Waals surface area contributed by atoms with Crippen molar-refractivity contribution in [2.45, 2.75) is 31.1 Å². The van der Waals surface area contributed by atoms with E-state index in [1.54, 1.807) is 14.2 Å². The lowest BCUT2D eigenvalue weighted by molar-refractivity contribution is 0.135. The smallest absolute Gasteiger partial charge is 0.119 e. The van der Waals surface area contributed by atoms with Crippen LogP contribution in [0.25, 0.3) is 11.8 Å². The van der Waals surface area contributed by atoms with E-state index in [-0.39, 0.29) is 5.41 Å². The molecule has 1 heterocycles. The van der Waals surface area contributed by atoms with Gasteiger partial charge in [-0.3, -0.25) is 15.4 Å². The van der Waals surface area contributed by atoms with Gasteiger partial charge in [0.15, 0.2) is 0 Å². The average molecular weight is 414 g/mol. The third-order valence-electron chi connectivity index (χ3n) is 6.50. The molecule has 2 N–H and O–H groups in total. The largest absolute Gasteiger partial charge is 0.497 e. The van der Waals surface area contributed by atoms with Gasteiger partial charge < -0.3 is 4.74 Å². The summed E-state index contributed by atoms with van der Waals surface area (Å²) in [6.45, 7) is 0. The first-order valence-corrected chi connectivity index (χ1v) is 10.7. The predicted octanol–water partition coefficient (Wildman–Crippen LogP) is 5.02. The lowest BCUT2D eigenvalue weighted by Gasteiger charge is -2.34. The van der Waals surface area contributed by atoms with Crippen LogP contribution in [0.15, 0.2) is 66.2 Å². The lowest BCUT2D eigenvalue weighted by Crippen LogP contribution is -2.30. The predicted molar refractivity (Wildman–Crippen MR) is 122 cm³/mol. The molecule has 2 aliphatic carbocycles. The molecule has 1 fully saturated rings. The highest BCUT2D eigenvalue weighted by molar-refractivity contribution is 5.76. The maximum Gasteiger partial charge on any atom is 0.119 e. The molecule has 0 amide bonds. The number of hydrogen-bond acceptors (Lipinski definition) is 4. The summed E-state index contributed by atoms with van der Waals surface area (Å²) in [7, 11) is 3.36. The lowest BCUT2D eigenvalue weighted by atomic mass is 9.68. The molecule has 5 heteroatoms. The number of allylic oxidation sites excluding steroid dienone is 2. The van der Waals surface area contributed by atoms with Gasteiger partial charge in [-0.25, -0.2) is 0 Å². The molecule has 3 aromatic rings. The van der Waals surface area contributed by atoms with Crippen LogP contribution in [0.2, 0.25) is 0 Å². The Morgan fingerprint density at radius 3 is 2.55 bits per heavy atom. The van der Waals surface area contributed by atoms with Gasteiger partial charge in [-0.05, 0) is 48.1 Å². The first-order chi connectivity index (χ1) is 15.2. The minimum absolute atomic E-state index is 0.301. The molecule has 5 nitrogen and oxygen atoms in total. The highest BCUT2D eigenvalue weighted by Gasteiger charge is 2.37. The van der Waals surface area contributed by atoms with Gasteiger partial charge in [0, 0.05) is 23.1 Å². The topological polar surface area (TPSA) is 59.2 Å². The molecule has 0 radical (unpaired) electrons. The van der Waals surface area contributed by atoms with Crippen LogP contribution in [0.5, 0.6) is 5.75 Å². The van der Waals surface area contributed by atoms with Crippen molar-refractivity contribution in [1.82, 2.24) is 15.7 Å². The summed E-state index contributed by atoms with van der Waals surface area (Å²) in [5.74, 6) is 0.860. The van der Waals surface area contributed by atoms with Crippen molar-refractivity contribution in [3.63, 3.8) is 0 Å². The van der Waals surface area contributed by atoms with Gasteiger partial charge >= 0.3 is 0 Å². The second kappa shape index (κ2) is 8.08. The van der Waals surface area contributed by atoms with E-state index in [2.05, 4.69) is 71.3 Å². The van der Waals surface area contributed by atoms with Crippen LogP contribution in [0.4, 0.5) is 0 Å². The van der Waals surface area contributed by atoms with Crippen LogP contribution in [-0.2, 0) is 16.7 Å². The van der Waals surface area contributed by atoms with Crippen molar-refractivity contribution < 1.29 is 9.57 Å². The Kier molecular flexibility index (Phi) is 5.12. The highest BCUT2D eigenvalue weighted by atomic mass is 16.6. The quantitative estimate of drug-likeness (QED) is 0.557. The number of rotatable bonds is 6. The molecule has 0 saturated heterocycles. The van der Waals surface area contributed by atoms with Crippen LogP contribution in [0.1, 0.15) is 47.3 Å². The number of aromatic nitrogens is 2. The molecule has 2 aromatic carbocycles. The molecule has 0 bridgehead atoms. The molecule has 5 rings (SSSR count). The van der Waals surface area contributed by atoms with E-state index in [1.807, 2.05) is 6.07 Å². The van der Waals surface area contributed by atoms with Gasteiger partial charge in [0.2, 0.25) is 0 Å². The van der Waals surface area contributed by atoms with Gasteiger partial charge in [0.05, 0.1) is 19.9 Å². The third-order valence-corrected chi connectivity index (χ3v) is 6.50. The van der Waals surface area contributed by atoms with Crippen molar-refractivity contribution >= 4 is 11.8 Å². The average Bonchev–Trinajstić information content (AvgIpc) is 3.21. The van der Waals surface area contributed by atoms with Gasteiger partial charge in [0.1, 0.15) is 11.4 Å². The molecule has 0 spiro atoms. The molecule has 1 aromatic heterocycles. The number of hydroxylamine groups is 1. The van der Waals surface area contributed by atoms with Gasteiger partial charge in [-0.15, -0.1) is 0 Å². The molecule has 1 atom stereocenters. The molecular weight excluding hydrogens is 386 g/mol. The molecule has 158 valence electrons. The molecule has 1 saturated carbocycles. The number of nitrogens with zero attached hydrogens (tertiary/aromatic N) is 1. The minimum Gasteiger partial charge on any atom is -0.497 e. The minimum atomic E-state index is -0.301. The van der Waals surface area contributed by atoms with E-state index in [1.165, 1.54) is 23.1 Å². The van der Waals surface area contributed by atoms with E-state index in [0.29, 0.717) is 0 Å². The summed E-state index contributed by atoms with van der Waals surface area (Å²) in [4.78, 5) is 5.28. The fourth-order valence-corrected chi connectivity index (χ4v) is 4.65. The van der Waals surface area contributed by atoms with Gasteiger partial charge in [-0.2, -0.15) is 5.10 Å². The number of ether oxygens (including phenoxy) is 1. The van der Waals surface area contributed by atoms with Crippen LogP contribution >= 0.6 is 0 Å². The Hall–Kier alpha value is -3.31. The van der Waals surface area contributed by atoms with Crippen molar-refractivity contribution in [3.05, 3.63) is 94.3 Å². The van der Waals surface area contributed by atoms with E-state index in [4.69, 9.17) is 14.7 Å². The number of hydrogen-bond donors (Lipinski definition) is 2. The summed E-state index contributed by atoms with van der Waals surface area (Å²) in [6, 6.07) is 19.0. The van der Waals surface area contributed by atoms with Crippen LogP contribution < -0.4 is 10.2 Å². The third kappa shape index (κ3) is 3.35. The summed E-state index contributed by atoms with van der Waals surface area (Å²) in [5, 5.41) is 8.03. The first-order valence-electron chi connectivity index (χ1n) is 10.7. The number of H-pyrrole nitrogens is 1. The van der Waals surface area contributed by atoms with Crippen molar-refractivity contribution in [2.75, 3.05) is 14.2 Å². The van der Waals surface area contributed by atoms with Gasteiger partial charge in [0.25, 0.3) is 0 Å². The summed E-state index contributed by atoms with van der Waals surface area (Å²) >= 11 is 0. The van der Waals surface area contributed by atoms with Crippen molar-refractivity contribution in [1.29, 1.82) is 0 Å².